The first kappa shape index (κ1) is 12.4. The molecule has 0 amide bonds. The molecule has 5 nitrogen and oxygen atoms in total. The number of aryl methyl sites for hydroxylation is 1. The number of anilines is 1. The van der Waals surface area contributed by atoms with Gasteiger partial charge in [-0.25, -0.2) is 9.97 Å². The molecule has 1 aliphatic carbocycles. The minimum absolute atomic E-state index is 0.284. The highest BCUT2D eigenvalue weighted by Gasteiger charge is 2.21. The molecule has 0 saturated heterocycles. The van der Waals surface area contributed by atoms with Crippen molar-refractivity contribution in [3.05, 3.63) is 29.5 Å². The number of fused-ring (bicyclic) bond motifs is 2. The molecule has 0 fully saturated rings. The van der Waals surface area contributed by atoms with Crippen LogP contribution in [0, 0.1) is 0 Å². The number of benzene rings is 1. The van der Waals surface area contributed by atoms with Crippen molar-refractivity contribution >= 4 is 5.82 Å². The molecule has 2 aromatic rings. The van der Waals surface area contributed by atoms with Gasteiger partial charge in [0, 0.05) is 23.4 Å². The highest BCUT2D eigenvalue weighted by molar-refractivity contribution is 5.64. The largest absolute Gasteiger partial charge is 0.454 e. The summed E-state index contributed by atoms with van der Waals surface area (Å²) in [6, 6.07) is 5.86. The monoisotopic (exact) mass is 283 g/mol. The maximum atomic E-state index is 5.44. The predicted molar refractivity (Wildman–Crippen MR) is 79.8 cm³/mol. The van der Waals surface area contributed by atoms with E-state index in [-0.39, 0.29) is 6.79 Å². The molecule has 108 valence electrons. The van der Waals surface area contributed by atoms with Crippen LogP contribution in [0.4, 0.5) is 5.82 Å². The molecule has 0 spiro atoms. The van der Waals surface area contributed by atoms with E-state index in [1.165, 1.54) is 11.3 Å². The Balaban J connectivity index is 1.79. The molecule has 0 radical (unpaired) electrons. The lowest BCUT2D eigenvalue weighted by Crippen LogP contribution is -2.06. The molecular formula is C16H17N3O2. The van der Waals surface area contributed by atoms with Gasteiger partial charge in [0.25, 0.3) is 0 Å². The SMILES string of the molecule is CCNc1nc(-c2ccc3c(c2)OCO3)nc2c1CCC2. The van der Waals surface area contributed by atoms with E-state index < -0.39 is 0 Å². The standard InChI is InChI=1S/C16H17N3O2/c1-2-17-16-11-4-3-5-12(11)18-15(19-16)10-6-7-13-14(8-10)21-9-20-13/h6-8H,2-5,9H2,1H3,(H,17,18,19). The molecule has 1 N–H and O–H groups in total. The Morgan fingerprint density at radius 1 is 1.14 bits per heavy atom. The number of hydrogen-bond donors (Lipinski definition) is 1. The summed E-state index contributed by atoms with van der Waals surface area (Å²) < 4.78 is 10.8. The van der Waals surface area contributed by atoms with Crippen LogP contribution in [0.5, 0.6) is 11.5 Å². The second kappa shape index (κ2) is 4.91. The number of ether oxygens (including phenoxy) is 2. The zero-order valence-corrected chi connectivity index (χ0v) is 12.0. The number of rotatable bonds is 3. The molecular weight excluding hydrogens is 266 g/mol. The Morgan fingerprint density at radius 2 is 2.05 bits per heavy atom. The summed E-state index contributed by atoms with van der Waals surface area (Å²) in [5.41, 5.74) is 3.42. The third-order valence-electron chi connectivity index (χ3n) is 3.91. The molecule has 21 heavy (non-hydrogen) atoms. The summed E-state index contributed by atoms with van der Waals surface area (Å²) in [4.78, 5) is 9.46. The van der Waals surface area contributed by atoms with Gasteiger partial charge in [0.2, 0.25) is 6.79 Å². The van der Waals surface area contributed by atoms with E-state index in [1.807, 2.05) is 18.2 Å². The van der Waals surface area contributed by atoms with E-state index in [4.69, 9.17) is 19.4 Å². The van der Waals surface area contributed by atoms with Gasteiger partial charge < -0.3 is 14.8 Å². The topological polar surface area (TPSA) is 56.3 Å². The molecule has 4 rings (SSSR count). The van der Waals surface area contributed by atoms with Gasteiger partial charge in [0.05, 0.1) is 0 Å². The quantitative estimate of drug-likeness (QED) is 0.938. The summed E-state index contributed by atoms with van der Waals surface area (Å²) >= 11 is 0. The average molecular weight is 283 g/mol. The summed E-state index contributed by atoms with van der Waals surface area (Å²) in [5, 5.41) is 3.36. The van der Waals surface area contributed by atoms with Crippen LogP contribution in [0.3, 0.4) is 0 Å². The Kier molecular flexibility index (Phi) is 2.91. The van der Waals surface area contributed by atoms with Crippen molar-refractivity contribution in [1.29, 1.82) is 0 Å². The third kappa shape index (κ3) is 2.09. The lowest BCUT2D eigenvalue weighted by atomic mass is 10.1. The first-order valence-corrected chi connectivity index (χ1v) is 7.39. The number of hydrogen-bond acceptors (Lipinski definition) is 5. The minimum atomic E-state index is 0.284. The van der Waals surface area contributed by atoms with Crippen molar-refractivity contribution in [3.8, 4) is 22.9 Å². The van der Waals surface area contributed by atoms with Crippen molar-refractivity contribution in [1.82, 2.24) is 9.97 Å². The van der Waals surface area contributed by atoms with Gasteiger partial charge in [0.15, 0.2) is 17.3 Å². The highest BCUT2D eigenvalue weighted by atomic mass is 16.7. The molecule has 0 unspecified atom stereocenters. The molecule has 5 heteroatoms. The lowest BCUT2D eigenvalue weighted by Gasteiger charge is -2.11. The molecule has 2 aliphatic rings. The van der Waals surface area contributed by atoms with Crippen LogP contribution < -0.4 is 14.8 Å². The van der Waals surface area contributed by atoms with E-state index in [2.05, 4.69) is 12.2 Å². The van der Waals surface area contributed by atoms with Crippen LogP contribution in [0.1, 0.15) is 24.6 Å². The van der Waals surface area contributed by atoms with Crippen LogP contribution in [-0.2, 0) is 12.8 Å². The fourth-order valence-electron chi connectivity index (χ4n) is 2.91. The number of nitrogens with one attached hydrogen (secondary N) is 1. The molecule has 0 bridgehead atoms. The summed E-state index contributed by atoms with van der Waals surface area (Å²) in [7, 11) is 0. The van der Waals surface area contributed by atoms with Gasteiger partial charge in [-0.05, 0) is 44.4 Å². The summed E-state index contributed by atoms with van der Waals surface area (Å²) in [5.74, 6) is 3.28. The second-order valence-corrected chi connectivity index (χ2v) is 5.27. The second-order valence-electron chi connectivity index (χ2n) is 5.27. The summed E-state index contributed by atoms with van der Waals surface area (Å²) in [6.45, 7) is 3.24. The van der Waals surface area contributed by atoms with Gasteiger partial charge in [-0.2, -0.15) is 0 Å². The lowest BCUT2D eigenvalue weighted by molar-refractivity contribution is 0.174. The van der Waals surface area contributed by atoms with Crippen LogP contribution in [0.2, 0.25) is 0 Å². The van der Waals surface area contributed by atoms with E-state index in [0.717, 1.165) is 54.5 Å². The maximum Gasteiger partial charge on any atom is 0.231 e. The maximum absolute atomic E-state index is 5.44. The Bertz CT molecular complexity index is 700. The van der Waals surface area contributed by atoms with E-state index in [1.54, 1.807) is 0 Å². The number of nitrogens with zero attached hydrogens (tertiary/aromatic N) is 2. The molecule has 1 aliphatic heterocycles. The molecule has 1 aromatic heterocycles. The normalized spacial score (nSPS) is 15.1. The molecule has 0 atom stereocenters. The van der Waals surface area contributed by atoms with Gasteiger partial charge in [0.1, 0.15) is 5.82 Å². The van der Waals surface area contributed by atoms with Crippen molar-refractivity contribution in [3.63, 3.8) is 0 Å². The van der Waals surface area contributed by atoms with Crippen LogP contribution in [0.25, 0.3) is 11.4 Å². The van der Waals surface area contributed by atoms with Crippen molar-refractivity contribution in [2.75, 3.05) is 18.7 Å². The van der Waals surface area contributed by atoms with Crippen LogP contribution >= 0.6 is 0 Å². The Morgan fingerprint density at radius 3 is 2.95 bits per heavy atom. The predicted octanol–water partition coefficient (Wildman–Crippen LogP) is 2.79. The smallest absolute Gasteiger partial charge is 0.231 e. The zero-order valence-electron chi connectivity index (χ0n) is 12.0. The van der Waals surface area contributed by atoms with E-state index >= 15 is 0 Å². The zero-order chi connectivity index (χ0) is 14.2. The van der Waals surface area contributed by atoms with Gasteiger partial charge in [-0.1, -0.05) is 0 Å². The molecule has 2 heterocycles. The van der Waals surface area contributed by atoms with Gasteiger partial charge >= 0.3 is 0 Å². The minimum Gasteiger partial charge on any atom is -0.454 e. The van der Waals surface area contributed by atoms with Crippen molar-refractivity contribution in [2.45, 2.75) is 26.2 Å². The first-order valence-electron chi connectivity index (χ1n) is 7.39. The van der Waals surface area contributed by atoms with Crippen LogP contribution in [0.15, 0.2) is 18.2 Å². The third-order valence-corrected chi connectivity index (χ3v) is 3.91. The van der Waals surface area contributed by atoms with Gasteiger partial charge in [-0.3, -0.25) is 0 Å². The van der Waals surface area contributed by atoms with Crippen molar-refractivity contribution < 1.29 is 9.47 Å². The first-order chi connectivity index (χ1) is 10.3. The van der Waals surface area contributed by atoms with Crippen molar-refractivity contribution in [2.24, 2.45) is 0 Å². The fraction of sp³-hybridized carbons (Fsp3) is 0.375. The highest BCUT2D eigenvalue weighted by Crippen LogP contribution is 2.36. The van der Waals surface area contributed by atoms with Crippen LogP contribution in [-0.4, -0.2) is 23.3 Å². The average Bonchev–Trinajstić information content (AvgIpc) is 3.15. The van der Waals surface area contributed by atoms with Gasteiger partial charge in [-0.15, -0.1) is 0 Å². The van der Waals surface area contributed by atoms with E-state index in [0.29, 0.717) is 0 Å². The summed E-state index contributed by atoms with van der Waals surface area (Å²) in [6.07, 6.45) is 3.26. The van der Waals surface area contributed by atoms with E-state index in [9.17, 15) is 0 Å². The molecule has 0 saturated carbocycles. The molecule has 1 aromatic carbocycles. The fourth-order valence-corrected chi connectivity index (χ4v) is 2.91. The number of aromatic nitrogens is 2. The Labute approximate surface area is 123 Å². The Hall–Kier alpha value is -2.30.